The Bertz CT molecular complexity index is 2900. The highest BCUT2D eigenvalue weighted by atomic mass is 31.1. The van der Waals surface area contributed by atoms with Crippen molar-refractivity contribution < 1.29 is 0 Å². The molecule has 60 heavy (non-hydrogen) atoms. The number of pyridine rings is 2. The van der Waals surface area contributed by atoms with Crippen molar-refractivity contribution in [3.8, 4) is 44.5 Å². The Morgan fingerprint density at radius 1 is 0.333 bits per heavy atom. The number of hydrogen-bond acceptors (Lipinski definition) is 3. The molecule has 7 aromatic carbocycles. The molecular weight excluding hydrogens is 765 g/mol. The van der Waals surface area contributed by atoms with Gasteiger partial charge in [-0.25, -0.2) is 0 Å². The number of fused-ring (bicyclic) bond motifs is 4. The Morgan fingerprint density at radius 3 is 1.18 bits per heavy atom. The lowest BCUT2D eigenvalue weighted by atomic mass is 9.98. The van der Waals surface area contributed by atoms with Gasteiger partial charge in [0.15, 0.2) is 0 Å². The van der Waals surface area contributed by atoms with Crippen LogP contribution in [0.3, 0.4) is 0 Å². The molecule has 9 aromatic rings. The molecule has 0 bridgehead atoms. The number of hydrogen-bond donors (Lipinski definition) is 0. The molecule has 0 fully saturated rings. The molecule has 0 saturated heterocycles. The summed E-state index contributed by atoms with van der Waals surface area (Å²) in [6.07, 6.45) is 7.76. The van der Waals surface area contributed by atoms with Gasteiger partial charge in [0.1, 0.15) is 0 Å². The van der Waals surface area contributed by atoms with E-state index in [1.165, 1.54) is 87.8 Å². The summed E-state index contributed by atoms with van der Waals surface area (Å²) >= 11 is 0. The van der Waals surface area contributed by atoms with Crippen LogP contribution in [0.1, 0.15) is 16.7 Å². The molecule has 2 atom stereocenters. The van der Waals surface area contributed by atoms with E-state index in [0.717, 1.165) is 22.3 Å². The van der Waals surface area contributed by atoms with Crippen LogP contribution in [0.2, 0.25) is 0 Å². The molecule has 0 radical (unpaired) electrons. The molecule has 4 heterocycles. The van der Waals surface area contributed by atoms with E-state index in [9.17, 15) is 0 Å². The van der Waals surface area contributed by atoms with Gasteiger partial charge in [-0.15, -0.1) is 0 Å². The van der Waals surface area contributed by atoms with E-state index in [0.29, 0.717) is 0 Å². The average Bonchev–Trinajstić information content (AvgIpc) is 3.29. The molecule has 2 aliphatic rings. The molecule has 286 valence electrons. The third-order valence-corrected chi connectivity index (χ3v) is 16.6. The summed E-state index contributed by atoms with van der Waals surface area (Å²) in [6, 6.07) is 64.1. The molecule has 2 aromatic heterocycles. The Balaban J connectivity index is 1.13. The molecule has 0 amide bonds. The summed E-state index contributed by atoms with van der Waals surface area (Å²) in [5.74, 6) is 0. The summed E-state index contributed by atoms with van der Waals surface area (Å²) in [5.41, 5.74) is 17.0. The Kier molecular flexibility index (Phi) is 9.11. The topological polar surface area (TPSA) is 29.0 Å². The molecule has 3 nitrogen and oxygen atoms in total. The number of rotatable bonds is 6. The van der Waals surface area contributed by atoms with Crippen LogP contribution in [0.15, 0.2) is 195 Å². The van der Waals surface area contributed by atoms with Crippen LogP contribution in [-0.2, 0) is 0 Å². The van der Waals surface area contributed by atoms with Crippen LogP contribution >= 0.6 is 15.8 Å². The number of nitrogens with zero attached hydrogens (tertiary/aromatic N) is 3. The highest BCUT2D eigenvalue weighted by molar-refractivity contribution is 7.82. The molecule has 0 saturated carbocycles. The van der Waals surface area contributed by atoms with Gasteiger partial charge in [-0.05, 0) is 158 Å². The molecule has 11 rings (SSSR count). The van der Waals surface area contributed by atoms with E-state index in [1.807, 2.05) is 24.8 Å². The van der Waals surface area contributed by atoms with Crippen LogP contribution in [0.5, 0.6) is 0 Å². The fourth-order valence-corrected chi connectivity index (χ4v) is 14.5. The zero-order chi connectivity index (χ0) is 40.3. The summed E-state index contributed by atoms with van der Waals surface area (Å²) in [5, 5.41) is 8.33. The van der Waals surface area contributed by atoms with E-state index >= 15 is 0 Å². The lowest BCUT2D eigenvalue weighted by Gasteiger charge is -2.45. The maximum atomic E-state index is 4.50. The van der Waals surface area contributed by atoms with Gasteiger partial charge >= 0.3 is 0 Å². The van der Waals surface area contributed by atoms with Gasteiger partial charge in [-0.2, -0.15) is 0 Å². The van der Waals surface area contributed by atoms with Crippen molar-refractivity contribution in [2.75, 3.05) is 4.90 Å². The first-order valence-electron chi connectivity index (χ1n) is 20.4. The average molecular weight is 806 g/mol. The van der Waals surface area contributed by atoms with Crippen molar-refractivity contribution in [1.82, 2.24) is 9.97 Å². The van der Waals surface area contributed by atoms with Crippen molar-refractivity contribution >= 4 is 64.7 Å². The predicted molar refractivity (Wildman–Crippen MR) is 257 cm³/mol. The van der Waals surface area contributed by atoms with Crippen LogP contribution in [0, 0.1) is 20.8 Å². The number of anilines is 3. The fourth-order valence-electron chi connectivity index (χ4n) is 8.98. The minimum Gasteiger partial charge on any atom is -0.308 e. The third kappa shape index (κ3) is 6.38. The number of aryl methyl sites for hydroxylation is 3. The van der Waals surface area contributed by atoms with Gasteiger partial charge in [-0.3, -0.25) is 9.97 Å². The molecule has 5 heteroatoms. The van der Waals surface area contributed by atoms with Crippen molar-refractivity contribution in [3.05, 3.63) is 211 Å². The zero-order valence-electron chi connectivity index (χ0n) is 33.7. The second-order valence-electron chi connectivity index (χ2n) is 15.9. The Hall–Kier alpha value is -6.50. The minimum absolute atomic E-state index is 0.886. The Labute approximate surface area is 354 Å². The van der Waals surface area contributed by atoms with Gasteiger partial charge in [0.25, 0.3) is 0 Å². The van der Waals surface area contributed by atoms with Crippen LogP contribution in [0.25, 0.3) is 44.5 Å². The summed E-state index contributed by atoms with van der Waals surface area (Å²) in [7, 11) is -1.77. The quantitative estimate of drug-likeness (QED) is 0.157. The van der Waals surface area contributed by atoms with Crippen molar-refractivity contribution in [3.63, 3.8) is 0 Å². The predicted octanol–water partition coefficient (Wildman–Crippen LogP) is 11.7. The summed E-state index contributed by atoms with van der Waals surface area (Å²) in [4.78, 5) is 11.6. The maximum Gasteiger partial charge on any atom is 0.0629 e. The molecule has 2 aliphatic heterocycles. The second-order valence-corrected chi connectivity index (χ2v) is 20.2. The molecule has 0 spiro atoms. The molecule has 0 aliphatic carbocycles. The summed E-state index contributed by atoms with van der Waals surface area (Å²) in [6.45, 7) is 6.49. The van der Waals surface area contributed by atoms with Crippen LogP contribution in [-0.4, -0.2) is 9.97 Å². The van der Waals surface area contributed by atoms with Gasteiger partial charge in [0.05, 0.1) is 17.1 Å². The van der Waals surface area contributed by atoms with E-state index in [1.54, 1.807) is 0 Å². The van der Waals surface area contributed by atoms with E-state index in [4.69, 9.17) is 0 Å². The van der Waals surface area contributed by atoms with E-state index in [-0.39, 0.29) is 0 Å². The van der Waals surface area contributed by atoms with Crippen LogP contribution in [0.4, 0.5) is 17.1 Å². The standard InChI is InChI=1S/C55H41N3P2/c1-36-26-53-55-54(27-36)60(48-18-8-5-9-19-48)52-31-44(40-13-11-15-42(29-40)46-25-38(3)33-57-35-46)21-23-50(52)58(55)49-22-20-43(30-51(49)59(53)47-16-6-4-7-17-47)39-12-10-14-41(28-39)45-24-37(2)32-56-34-45/h4-35H,1-3H3. The van der Waals surface area contributed by atoms with Crippen molar-refractivity contribution in [2.45, 2.75) is 20.8 Å². The normalized spacial score (nSPS) is 14.9. The lowest BCUT2D eigenvalue weighted by molar-refractivity contribution is 1.27. The third-order valence-electron chi connectivity index (χ3n) is 11.7. The first kappa shape index (κ1) is 36.6. The minimum atomic E-state index is -0.886. The first-order valence-corrected chi connectivity index (χ1v) is 23.1. The molecule has 0 N–H and O–H groups in total. The SMILES string of the molecule is Cc1cncc(-c2cccc(-c3ccc4c(c3)P(c3ccccc3)c3cc(C)cc5c3N4c3ccc(-c4cccc(-c6cncc(C)c6)c4)cc3P5c3ccccc3)c2)c1. The van der Waals surface area contributed by atoms with Gasteiger partial charge < -0.3 is 4.90 Å². The zero-order valence-corrected chi connectivity index (χ0v) is 35.5. The first-order chi connectivity index (χ1) is 29.5. The molecular formula is C55H41N3P2. The van der Waals surface area contributed by atoms with Gasteiger partial charge in [-0.1, -0.05) is 109 Å². The summed E-state index contributed by atoms with van der Waals surface area (Å²) < 4.78 is 0. The monoisotopic (exact) mass is 805 g/mol. The highest BCUT2D eigenvalue weighted by Gasteiger charge is 2.41. The van der Waals surface area contributed by atoms with Gasteiger partial charge in [0, 0.05) is 57.1 Å². The smallest absolute Gasteiger partial charge is 0.0629 e. The number of benzene rings is 7. The lowest BCUT2D eigenvalue weighted by Crippen LogP contribution is -2.43. The van der Waals surface area contributed by atoms with Gasteiger partial charge in [0.2, 0.25) is 0 Å². The van der Waals surface area contributed by atoms with Crippen molar-refractivity contribution in [2.24, 2.45) is 0 Å². The highest BCUT2D eigenvalue weighted by Crippen LogP contribution is 2.55. The van der Waals surface area contributed by atoms with E-state index < -0.39 is 15.8 Å². The fraction of sp³-hybridized carbons (Fsp3) is 0.0545. The maximum absolute atomic E-state index is 4.50. The Morgan fingerprint density at radius 2 is 0.750 bits per heavy atom. The van der Waals surface area contributed by atoms with E-state index in [2.05, 4.69) is 205 Å². The second kappa shape index (κ2) is 15.0. The van der Waals surface area contributed by atoms with Crippen molar-refractivity contribution in [1.29, 1.82) is 0 Å². The largest absolute Gasteiger partial charge is 0.308 e. The van der Waals surface area contributed by atoms with Crippen LogP contribution < -0.4 is 36.7 Å². The molecule has 2 unspecified atom stereocenters. The number of aromatic nitrogens is 2.